The van der Waals surface area contributed by atoms with E-state index in [4.69, 9.17) is 69.0 Å². The first-order valence-electron chi connectivity index (χ1n) is 29.5. The number of halogens is 6. The van der Waals surface area contributed by atoms with Crippen LogP contribution < -0.4 is 73.8 Å². The Labute approximate surface area is 626 Å². The number of morpholine rings is 3. The molecule has 0 aliphatic carbocycles. The van der Waals surface area contributed by atoms with Gasteiger partial charge in [-0.1, -0.05) is 34.8 Å². The Kier molecular flexibility index (Phi) is 34.1. The number of rotatable bonds is 21. The normalized spacial score (nSPS) is 14.6. The largest absolute Gasteiger partial charge is 0.370 e. The molecular formula is C60H66Cl6N14O20S4. The Hall–Kier alpha value is -8.55. The lowest BCUT2D eigenvalue weighted by molar-refractivity contribution is -0.126. The van der Waals surface area contributed by atoms with Crippen molar-refractivity contribution >= 4 is 210 Å². The van der Waals surface area contributed by atoms with Crippen molar-refractivity contribution in [1.29, 1.82) is 0 Å². The minimum Gasteiger partial charge on any atom is -0.370 e. The molecule has 3 atom stereocenters. The van der Waals surface area contributed by atoms with Crippen molar-refractivity contribution in [2.75, 3.05) is 123 Å². The molecule has 0 bridgehead atoms. The molecule has 3 aliphatic rings. The van der Waals surface area contributed by atoms with Gasteiger partial charge in [-0.3, -0.25) is 33.3 Å². The van der Waals surface area contributed by atoms with Crippen molar-refractivity contribution in [1.82, 2.24) is 22.1 Å². The van der Waals surface area contributed by atoms with Gasteiger partial charge in [0, 0.05) is 118 Å². The van der Waals surface area contributed by atoms with Gasteiger partial charge in [-0.05, 0) is 146 Å². The van der Waals surface area contributed by atoms with Crippen molar-refractivity contribution in [3.8, 4) is 0 Å². The quantitative estimate of drug-likeness (QED) is 0.0272. The molecule has 562 valence electrons. The average Bonchev–Trinajstić information content (AvgIpc) is 0.844. The number of hydrogen-bond acceptors (Lipinski definition) is 20. The van der Waals surface area contributed by atoms with Gasteiger partial charge in [0.1, 0.15) is 43.7 Å². The average molecular weight is 1640 g/mol. The second kappa shape index (κ2) is 41.2. The molecule has 12 amide bonds. The van der Waals surface area contributed by atoms with E-state index in [1.165, 1.54) is 60.7 Å². The number of nitrogens with zero attached hydrogens (tertiary/aromatic N) is 3. The Bertz CT molecular complexity index is 3930. The molecule has 3 aliphatic heterocycles. The fourth-order valence-electron chi connectivity index (χ4n) is 9.00. The minimum atomic E-state index is -4.59. The summed E-state index contributed by atoms with van der Waals surface area (Å²) < 4.78 is 103. The van der Waals surface area contributed by atoms with Crippen LogP contribution in [0.5, 0.6) is 0 Å². The predicted molar refractivity (Wildman–Crippen MR) is 396 cm³/mol. The lowest BCUT2D eigenvalue weighted by Crippen LogP contribution is -2.50. The van der Waals surface area contributed by atoms with Gasteiger partial charge in [0.25, 0.3) is 27.8 Å². The zero-order valence-corrected chi connectivity index (χ0v) is 61.6. The number of primary sulfonamides is 1. The van der Waals surface area contributed by atoms with E-state index in [0.29, 0.717) is 106 Å². The molecule has 3 heterocycles. The molecule has 34 nitrogen and oxygen atoms in total. The molecule has 3 saturated heterocycles. The van der Waals surface area contributed by atoms with Gasteiger partial charge >= 0.3 is 18.1 Å². The van der Waals surface area contributed by atoms with Gasteiger partial charge in [0.05, 0.1) is 31.3 Å². The van der Waals surface area contributed by atoms with Crippen LogP contribution in [0.25, 0.3) is 0 Å². The number of amides is 12. The molecule has 6 aromatic carbocycles. The number of anilines is 9. The highest BCUT2D eigenvalue weighted by Crippen LogP contribution is 2.24. The Morgan fingerprint density at radius 2 is 0.663 bits per heavy atom. The maximum absolute atomic E-state index is 12.7. The van der Waals surface area contributed by atoms with E-state index in [2.05, 4.69) is 69.2 Å². The highest BCUT2D eigenvalue weighted by Gasteiger charge is 2.31. The molecule has 3 fully saturated rings. The summed E-state index contributed by atoms with van der Waals surface area (Å²) in [5, 5.41) is 28.3. The van der Waals surface area contributed by atoms with Crippen LogP contribution in [0.15, 0.2) is 146 Å². The topological polar surface area (TPSA) is 500 Å². The maximum Gasteiger partial charge on any atom is 0.319 e. The first kappa shape index (κ1) is 86.1. The zero-order valence-electron chi connectivity index (χ0n) is 53.8. The molecule has 0 unspecified atom stereocenters. The van der Waals surface area contributed by atoms with Gasteiger partial charge in [-0.25, -0.2) is 40.6 Å². The molecule has 15 N–H and O–H groups in total. The summed E-state index contributed by atoms with van der Waals surface area (Å²) in [6, 6.07) is 30.5. The molecule has 0 saturated carbocycles. The predicted octanol–water partition coefficient (Wildman–Crippen LogP) is 6.45. The van der Waals surface area contributed by atoms with Crippen LogP contribution in [0.2, 0.25) is 15.1 Å². The van der Waals surface area contributed by atoms with Crippen molar-refractivity contribution in [3.05, 3.63) is 161 Å². The summed E-state index contributed by atoms with van der Waals surface area (Å²) >= 11 is 17.4. The number of ether oxygens (including phenoxy) is 3. The van der Waals surface area contributed by atoms with Crippen LogP contribution in [0.3, 0.4) is 0 Å². The summed E-state index contributed by atoms with van der Waals surface area (Å²) in [4.78, 5) is 115. The van der Waals surface area contributed by atoms with Crippen LogP contribution in [0.4, 0.5) is 65.6 Å². The van der Waals surface area contributed by atoms with Crippen molar-refractivity contribution in [2.45, 2.75) is 18.1 Å². The van der Waals surface area contributed by atoms with E-state index in [9.17, 15) is 73.0 Å². The summed E-state index contributed by atoms with van der Waals surface area (Å²) in [7, 11) is -0.122. The summed E-state index contributed by atoms with van der Waals surface area (Å²) in [5.74, 6) is -5.67. The molecule has 6 aromatic rings. The number of urea groups is 3. The number of nitrogens with one attached hydrogen (secondary N) is 9. The Balaban J connectivity index is 0.000000272. The fourth-order valence-corrected chi connectivity index (χ4v) is 11.7. The van der Waals surface area contributed by atoms with Gasteiger partial charge in [-0.2, -0.15) is 8.42 Å². The van der Waals surface area contributed by atoms with E-state index < -0.39 is 110 Å². The van der Waals surface area contributed by atoms with E-state index in [-0.39, 0.29) is 43.7 Å². The van der Waals surface area contributed by atoms with Gasteiger partial charge in [0.2, 0.25) is 46.0 Å². The Morgan fingerprint density at radius 3 is 0.894 bits per heavy atom. The number of benzene rings is 6. The first-order valence-corrected chi connectivity index (χ1v) is 39.3. The highest BCUT2D eigenvalue weighted by molar-refractivity contribution is 8.26. The molecular weight excluding hydrogens is 1580 g/mol. The van der Waals surface area contributed by atoms with Gasteiger partial charge in [-0.15, -0.1) is 0 Å². The van der Waals surface area contributed by atoms with E-state index in [1.54, 1.807) is 99.6 Å². The monoisotopic (exact) mass is 1640 g/mol. The third-order valence-corrected chi connectivity index (χ3v) is 17.0. The summed E-state index contributed by atoms with van der Waals surface area (Å²) in [6.45, 7) is 2.44. The molecule has 9 rings (SSSR count). The second-order valence-corrected chi connectivity index (χ2v) is 31.2. The highest BCUT2D eigenvalue weighted by atomic mass is 36.0. The van der Waals surface area contributed by atoms with Gasteiger partial charge in [0.15, 0.2) is 0 Å². The number of sulfonamides is 1. The van der Waals surface area contributed by atoms with Crippen molar-refractivity contribution in [3.63, 3.8) is 0 Å². The maximum atomic E-state index is 12.7. The first-order chi connectivity index (χ1) is 48.5. The van der Waals surface area contributed by atoms with E-state index in [0.717, 1.165) is 0 Å². The third kappa shape index (κ3) is 31.4. The summed E-state index contributed by atoms with van der Waals surface area (Å²) in [5.41, 5.74) is 3.96. The SMILES string of the molecule is N.NS(=O)(=O)C[C@@H](NC(=O)Nc1ccc(Cl)cc1)C(=O)Nc1ccc(N2CCOCC2=O)cc1.O=C(Nc1ccc(Cl)cc1)N[C@H](CS(=O)(=O)Cl)C(=O)Nc1ccc(N2CCOCC2=O)cc1.O=C(Nc1ccc(Cl)cc1)N[C@H](CS(=O)(=O)O)C(=O)Nc1ccc(N2CCOCC2=O)cc1.O=S(Cl)Cl. The van der Waals surface area contributed by atoms with Crippen LogP contribution in [0.1, 0.15) is 0 Å². The lowest BCUT2D eigenvalue weighted by atomic mass is 10.2. The van der Waals surface area contributed by atoms with Crippen molar-refractivity contribution < 1.29 is 91.4 Å². The van der Waals surface area contributed by atoms with Crippen LogP contribution in [-0.2, 0) is 81.4 Å². The smallest absolute Gasteiger partial charge is 0.319 e. The zero-order chi connectivity index (χ0) is 75.6. The molecule has 0 spiro atoms. The lowest BCUT2D eigenvalue weighted by Gasteiger charge is -2.27. The van der Waals surface area contributed by atoms with Crippen LogP contribution in [-0.4, -0.2) is 182 Å². The number of nitrogens with two attached hydrogens (primary N) is 1. The number of carbonyl (C=O) groups is 9. The van der Waals surface area contributed by atoms with Crippen LogP contribution in [0, 0.1) is 0 Å². The molecule has 0 aromatic heterocycles. The standard InChI is InChI=1S/C20H20Cl2N4O6S.C20H22ClN5O6S.C20H21ClN4O7S.Cl2OS.H3N/c2*21-13-1-3-15(4-2-13)24-20(29)25-17(12-33(22,30)31)19(28)23-14-5-7-16(8-6-14)26-9-10-32-11-18(26)27;21-13-1-3-15(4-2-13)23-20(28)24-17(12-33(29,30)31)19(27)22-14-5-7-16(8-6-14)25-9-10-32-11-18(25)26;1-4(2)3;/h1-8,17H,9-12H2,(H,23,28)(H2,24,25,29);1-8,17H,9-12H2,(H,23,28)(H2,22,30,31)(H2,24,25,29);1-8,17H,9-12H2,(H,22,27)(H2,23,24,28)(H,29,30,31);;1H3/t3*17-;;/m111../s1. The second-order valence-electron chi connectivity index (χ2n) is 21.3. The number of carbonyl (C=O) groups excluding carboxylic acids is 9. The molecule has 104 heavy (non-hydrogen) atoms. The third-order valence-electron chi connectivity index (χ3n) is 13.6. The summed E-state index contributed by atoms with van der Waals surface area (Å²) in [6.07, 6.45) is 0. The Morgan fingerprint density at radius 1 is 0.433 bits per heavy atom. The minimum absolute atomic E-state index is 0. The van der Waals surface area contributed by atoms with E-state index >= 15 is 0 Å². The van der Waals surface area contributed by atoms with E-state index in [1.807, 2.05) is 0 Å². The van der Waals surface area contributed by atoms with Crippen LogP contribution >= 0.6 is 66.8 Å². The fraction of sp³-hybridized carbons (Fsp3) is 0.250. The molecule has 0 radical (unpaired) electrons. The van der Waals surface area contributed by atoms with Crippen molar-refractivity contribution in [2.24, 2.45) is 5.14 Å². The number of hydrogen-bond donors (Lipinski definition) is 12. The molecule has 44 heteroatoms. The van der Waals surface area contributed by atoms with Gasteiger partial charge < -0.3 is 82.9 Å².